The summed E-state index contributed by atoms with van der Waals surface area (Å²) in [6.45, 7) is 7.05. The Morgan fingerprint density at radius 2 is 1.96 bits per heavy atom. The maximum Gasteiger partial charge on any atom is 0.317 e. The number of carboxylic acid groups (broad SMARTS) is 1. The molecule has 126 valence electrons. The Hall–Kier alpha value is -2.04. The number of hydrogen-bond acceptors (Lipinski definition) is 2. The maximum atomic E-state index is 12.3. The molecule has 0 aromatic heterocycles. The van der Waals surface area contributed by atoms with Crippen LogP contribution in [0, 0.1) is 19.8 Å². The van der Waals surface area contributed by atoms with Crippen LogP contribution in [-0.4, -0.2) is 41.1 Å². The molecule has 1 aliphatic heterocycles. The van der Waals surface area contributed by atoms with E-state index in [1.54, 1.807) is 4.90 Å². The van der Waals surface area contributed by atoms with E-state index in [0.29, 0.717) is 19.5 Å². The Balaban J connectivity index is 1.90. The first-order valence-corrected chi connectivity index (χ1v) is 8.20. The predicted octanol–water partition coefficient (Wildman–Crippen LogP) is 2.74. The number of aryl methyl sites for hydroxylation is 2. The number of hydrogen-bond donors (Lipinski definition) is 2. The first kappa shape index (κ1) is 17.3. The fraction of sp³-hybridized carbons (Fsp3) is 0.556. The van der Waals surface area contributed by atoms with Gasteiger partial charge in [0.05, 0.1) is 5.92 Å². The molecular formula is C18H26N2O3. The van der Waals surface area contributed by atoms with Crippen LogP contribution in [0.2, 0.25) is 0 Å². The highest BCUT2D eigenvalue weighted by atomic mass is 16.4. The Kier molecular flexibility index (Phi) is 5.64. The number of carbonyl (C=O) groups excluding carboxylic acids is 1. The van der Waals surface area contributed by atoms with E-state index in [0.717, 1.165) is 12.8 Å². The zero-order chi connectivity index (χ0) is 17.0. The second kappa shape index (κ2) is 7.49. The van der Waals surface area contributed by atoms with E-state index in [9.17, 15) is 9.59 Å². The summed E-state index contributed by atoms with van der Waals surface area (Å²) in [4.78, 5) is 25.0. The van der Waals surface area contributed by atoms with E-state index in [1.165, 1.54) is 16.7 Å². The SMILES string of the molecule is Cc1cc(C)cc(CC(C)NC(=O)N2CCCC(C(=O)O)C2)c1. The number of urea groups is 1. The minimum atomic E-state index is -0.814. The number of nitrogens with zero attached hydrogens (tertiary/aromatic N) is 1. The third-order valence-corrected chi connectivity index (χ3v) is 4.25. The lowest BCUT2D eigenvalue weighted by atomic mass is 9.98. The topological polar surface area (TPSA) is 69.6 Å². The largest absolute Gasteiger partial charge is 0.481 e. The molecule has 2 unspecified atom stereocenters. The van der Waals surface area contributed by atoms with Crippen LogP contribution in [0.15, 0.2) is 18.2 Å². The normalized spacial score (nSPS) is 19.3. The van der Waals surface area contributed by atoms with Gasteiger partial charge in [-0.3, -0.25) is 4.79 Å². The molecule has 23 heavy (non-hydrogen) atoms. The van der Waals surface area contributed by atoms with E-state index < -0.39 is 11.9 Å². The van der Waals surface area contributed by atoms with Gasteiger partial charge in [0.15, 0.2) is 0 Å². The van der Waals surface area contributed by atoms with Crippen LogP contribution in [-0.2, 0) is 11.2 Å². The first-order valence-electron chi connectivity index (χ1n) is 8.20. The highest BCUT2D eigenvalue weighted by Gasteiger charge is 2.28. The molecule has 2 rings (SSSR count). The molecule has 0 bridgehead atoms. The fourth-order valence-electron chi connectivity index (χ4n) is 3.26. The Labute approximate surface area is 137 Å². The second-order valence-corrected chi connectivity index (χ2v) is 6.67. The first-order chi connectivity index (χ1) is 10.8. The molecule has 1 aromatic carbocycles. The van der Waals surface area contributed by atoms with Crippen molar-refractivity contribution >= 4 is 12.0 Å². The number of piperidine rings is 1. The second-order valence-electron chi connectivity index (χ2n) is 6.67. The van der Waals surface area contributed by atoms with Gasteiger partial charge in [0, 0.05) is 19.1 Å². The van der Waals surface area contributed by atoms with Crippen molar-refractivity contribution in [3.63, 3.8) is 0 Å². The van der Waals surface area contributed by atoms with Crippen molar-refractivity contribution in [1.82, 2.24) is 10.2 Å². The highest BCUT2D eigenvalue weighted by Crippen LogP contribution is 2.17. The molecule has 0 aliphatic carbocycles. The fourth-order valence-corrected chi connectivity index (χ4v) is 3.26. The summed E-state index contributed by atoms with van der Waals surface area (Å²) in [5.74, 6) is -1.25. The van der Waals surface area contributed by atoms with Crippen LogP contribution in [0.4, 0.5) is 4.79 Å². The van der Waals surface area contributed by atoms with Crippen molar-refractivity contribution in [2.45, 2.75) is 46.1 Å². The average Bonchev–Trinajstić information content (AvgIpc) is 2.46. The number of carbonyl (C=O) groups is 2. The molecule has 1 fully saturated rings. The summed E-state index contributed by atoms with van der Waals surface area (Å²) in [5, 5.41) is 12.1. The molecule has 1 aliphatic rings. The summed E-state index contributed by atoms with van der Waals surface area (Å²) >= 11 is 0. The molecule has 0 spiro atoms. The summed E-state index contributed by atoms with van der Waals surface area (Å²) in [6, 6.07) is 6.25. The standard InChI is InChI=1S/C18H26N2O3/c1-12-7-13(2)9-15(8-12)10-14(3)19-18(23)20-6-4-5-16(11-20)17(21)22/h7-9,14,16H,4-6,10-11H2,1-3H3,(H,19,23)(H,21,22). The third kappa shape index (κ3) is 4.98. The van der Waals surface area contributed by atoms with Gasteiger partial charge < -0.3 is 15.3 Å². The number of carboxylic acids is 1. The predicted molar refractivity (Wildman–Crippen MR) is 89.5 cm³/mol. The van der Waals surface area contributed by atoms with Gasteiger partial charge in [-0.05, 0) is 45.6 Å². The quantitative estimate of drug-likeness (QED) is 0.897. The lowest BCUT2D eigenvalue weighted by Crippen LogP contribution is -2.49. The molecule has 2 amide bonds. The van der Waals surface area contributed by atoms with E-state index in [2.05, 4.69) is 37.4 Å². The van der Waals surface area contributed by atoms with Crippen molar-refractivity contribution in [1.29, 1.82) is 0 Å². The maximum absolute atomic E-state index is 12.3. The minimum absolute atomic E-state index is 0.00824. The average molecular weight is 318 g/mol. The molecule has 5 nitrogen and oxygen atoms in total. The van der Waals surface area contributed by atoms with Gasteiger partial charge in [0.2, 0.25) is 0 Å². The molecule has 2 atom stereocenters. The summed E-state index contributed by atoms with van der Waals surface area (Å²) in [5.41, 5.74) is 3.65. The Morgan fingerprint density at radius 1 is 1.30 bits per heavy atom. The number of benzene rings is 1. The van der Waals surface area contributed by atoms with Gasteiger partial charge in [0.25, 0.3) is 0 Å². The van der Waals surface area contributed by atoms with Crippen molar-refractivity contribution < 1.29 is 14.7 Å². The number of aliphatic carboxylic acids is 1. The van der Waals surface area contributed by atoms with Crippen LogP contribution in [0.25, 0.3) is 0 Å². The van der Waals surface area contributed by atoms with Crippen LogP contribution in [0.5, 0.6) is 0 Å². The number of rotatable bonds is 4. The van der Waals surface area contributed by atoms with Crippen molar-refractivity contribution in [2.24, 2.45) is 5.92 Å². The van der Waals surface area contributed by atoms with Gasteiger partial charge in [-0.2, -0.15) is 0 Å². The molecule has 1 heterocycles. The minimum Gasteiger partial charge on any atom is -0.481 e. The molecule has 0 saturated carbocycles. The lowest BCUT2D eigenvalue weighted by Gasteiger charge is -2.31. The Bertz CT molecular complexity index is 565. The lowest BCUT2D eigenvalue weighted by molar-refractivity contribution is -0.143. The van der Waals surface area contributed by atoms with E-state index in [-0.39, 0.29) is 12.1 Å². The Morgan fingerprint density at radius 3 is 2.57 bits per heavy atom. The zero-order valence-electron chi connectivity index (χ0n) is 14.1. The summed E-state index contributed by atoms with van der Waals surface area (Å²) < 4.78 is 0. The van der Waals surface area contributed by atoms with Gasteiger partial charge in [0.1, 0.15) is 0 Å². The van der Waals surface area contributed by atoms with E-state index >= 15 is 0 Å². The van der Waals surface area contributed by atoms with Crippen LogP contribution >= 0.6 is 0 Å². The number of amides is 2. The smallest absolute Gasteiger partial charge is 0.317 e. The molecule has 5 heteroatoms. The van der Waals surface area contributed by atoms with Crippen LogP contribution in [0.3, 0.4) is 0 Å². The molecule has 2 N–H and O–H groups in total. The molecular weight excluding hydrogens is 292 g/mol. The number of likely N-dealkylation sites (tertiary alicyclic amines) is 1. The van der Waals surface area contributed by atoms with Crippen molar-refractivity contribution in [3.05, 3.63) is 34.9 Å². The zero-order valence-corrected chi connectivity index (χ0v) is 14.1. The van der Waals surface area contributed by atoms with Gasteiger partial charge in [-0.1, -0.05) is 29.3 Å². The van der Waals surface area contributed by atoms with Gasteiger partial charge >= 0.3 is 12.0 Å². The van der Waals surface area contributed by atoms with Crippen LogP contribution in [0.1, 0.15) is 36.5 Å². The summed E-state index contributed by atoms with van der Waals surface area (Å²) in [7, 11) is 0. The van der Waals surface area contributed by atoms with Crippen molar-refractivity contribution in [2.75, 3.05) is 13.1 Å². The van der Waals surface area contributed by atoms with Gasteiger partial charge in [-0.15, -0.1) is 0 Å². The number of nitrogens with one attached hydrogen (secondary N) is 1. The van der Waals surface area contributed by atoms with Crippen molar-refractivity contribution in [3.8, 4) is 0 Å². The van der Waals surface area contributed by atoms with E-state index in [1.807, 2.05) is 6.92 Å². The molecule has 1 saturated heterocycles. The monoisotopic (exact) mass is 318 g/mol. The van der Waals surface area contributed by atoms with E-state index in [4.69, 9.17) is 5.11 Å². The van der Waals surface area contributed by atoms with Crippen LogP contribution < -0.4 is 5.32 Å². The van der Waals surface area contributed by atoms with Gasteiger partial charge in [-0.25, -0.2) is 4.79 Å². The third-order valence-electron chi connectivity index (χ3n) is 4.25. The molecule has 1 aromatic rings. The molecule has 0 radical (unpaired) electrons. The highest BCUT2D eigenvalue weighted by molar-refractivity contribution is 5.76. The summed E-state index contributed by atoms with van der Waals surface area (Å²) in [6.07, 6.45) is 2.16.